The highest BCUT2D eigenvalue weighted by Gasteiger charge is 2.73. The molecule has 7 atom stereocenters. The Bertz CT molecular complexity index is 556. The van der Waals surface area contributed by atoms with E-state index in [1.807, 2.05) is 13.0 Å². The molecular formula is C18H28O6. The summed E-state index contributed by atoms with van der Waals surface area (Å²) in [7, 11) is 1.54. The predicted molar refractivity (Wildman–Crippen MR) is 85.9 cm³/mol. The van der Waals surface area contributed by atoms with E-state index in [2.05, 4.69) is 13.8 Å². The maximum absolute atomic E-state index is 11.6. The van der Waals surface area contributed by atoms with Gasteiger partial charge in [0.2, 0.25) is 0 Å². The third kappa shape index (κ3) is 2.51. The minimum atomic E-state index is -1.10. The van der Waals surface area contributed by atoms with Gasteiger partial charge >= 0.3 is 5.97 Å². The monoisotopic (exact) mass is 340 g/mol. The Balaban J connectivity index is 2.08. The van der Waals surface area contributed by atoms with E-state index in [0.29, 0.717) is 12.8 Å². The summed E-state index contributed by atoms with van der Waals surface area (Å²) >= 11 is 0. The van der Waals surface area contributed by atoms with Crippen LogP contribution in [0.2, 0.25) is 0 Å². The molecule has 6 nitrogen and oxygen atoms in total. The topological polar surface area (TPSA) is 85.2 Å². The van der Waals surface area contributed by atoms with E-state index in [1.165, 1.54) is 6.92 Å². The Morgan fingerprint density at radius 2 is 2.04 bits per heavy atom. The smallest absolute Gasteiger partial charge is 0.303 e. The van der Waals surface area contributed by atoms with Crippen molar-refractivity contribution in [1.82, 2.24) is 0 Å². The second-order valence-electron chi connectivity index (χ2n) is 8.19. The van der Waals surface area contributed by atoms with Crippen LogP contribution in [0.25, 0.3) is 0 Å². The summed E-state index contributed by atoms with van der Waals surface area (Å²) in [6, 6.07) is 0. The number of rotatable bonds is 2. The second kappa shape index (κ2) is 5.80. The molecule has 0 spiro atoms. The quantitative estimate of drug-likeness (QED) is 0.584. The Morgan fingerprint density at radius 3 is 2.58 bits per heavy atom. The molecule has 1 heterocycles. The Labute approximate surface area is 142 Å². The Hall–Kier alpha value is -0.950. The van der Waals surface area contributed by atoms with E-state index in [1.54, 1.807) is 7.11 Å². The predicted octanol–water partition coefficient (Wildman–Crippen LogP) is 1.39. The van der Waals surface area contributed by atoms with Crippen molar-refractivity contribution in [2.24, 2.45) is 17.3 Å². The van der Waals surface area contributed by atoms with E-state index in [4.69, 9.17) is 14.2 Å². The molecule has 2 aliphatic carbocycles. The minimum absolute atomic E-state index is 0.115. The average Bonchev–Trinajstić information content (AvgIpc) is 2.72. The highest BCUT2D eigenvalue weighted by Crippen LogP contribution is 2.66. The molecule has 2 fully saturated rings. The molecule has 24 heavy (non-hydrogen) atoms. The molecule has 2 N–H and O–H groups in total. The van der Waals surface area contributed by atoms with Crippen molar-refractivity contribution < 1.29 is 29.2 Å². The van der Waals surface area contributed by atoms with E-state index in [9.17, 15) is 15.0 Å². The number of hydrogen-bond acceptors (Lipinski definition) is 6. The summed E-state index contributed by atoms with van der Waals surface area (Å²) in [5.74, 6) is -0.967. The summed E-state index contributed by atoms with van der Waals surface area (Å²) < 4.78 is 17.1. The number of ether oxygens (including phenoxy) is 3. The van der Waals surface area contributed by atoms with Crippen LogP contribution < -0.4 is 0 Å². The minimum Gasteiger partial charge on any atom is -0.459 e. The van der Waals surface area contributed by atoms with Gasteiger partial charge in [-0.3, -0.25) is 4.79 Å². The first-order valence-electron chi connectivity index (χ1n) is 8.53. The first kappa shape index (κ1) is 17.9. The maximum Gasteiger partial charge on any atom is 0.303 e. The van der Waals surface area contributed by atoms with Crippen LogP contribution in [0.15, 0.2) is 11.6 Å². The average molecular weight is 340 g/mol. The molecule has 6 heteroatoms. The van der Waals surface area contributed by atoms with Gasteiger partial charge in [-0.05, 0) is 18.8 Å². The van der Waals surface area contributed by atoms with Crippen LogP contribution in [-0.2, 0) is 19.0 Å². The Kier molecular flexibility index (Phi) is 4.31. The van der Waals surface area contributed by atoms with Gasteiger partial charge in [0, 0.05) is 32.3 Å². The van der Waals surface area contributed by atoms with Crippen LogP contribution in [-0.4, -0.2) is 53.5 Å². The largest absolute Gasteiger partial charge is 0.459 e. The van der Waals surface area contributed by atoms with Crippen molar-refractivity contribution in [2.75, 3.05) is 7.11 Å². The highest BCUT2D eigenvalue weighted by atomic mass is 16.7. The van der Waals surface area contributed by atoms with Gasteiger partial charge in [0.1, 0.15) is 17.8 Å². The Morgan fingerprint density at radius 1 is 1.38 bits per heavy atom. The summed E-state index contributed by atoms with van der Waals surface area (Å²) in [6.45, 7) is 7.51. The van der Waals surface area contributed by atoms with Crippen molar-refractivity contribution in [3.05, 3.63) is 11.6 Å². The molecule has 3 rings (SSSR count). The fourth-order valence-corrected chi connectivity index (χ4v) is 5.33. The molecule has 1 unspecified atom stereocenters. The highest BCUT2D eigenvalue weighted by molar-refractivity contribution is 5.66. The SMILES string of the molecule is CO[C@H]1/C=C(/C)C[C@H](OC(C)=O)[C@]23CC(C)(C)C2[C@H]([C@H]1O)[C@H](O)O3. The van der Waals surface area contributed by atoms with E-state index in [-0.39, 0.29) is 17.3 Å². The van der Waals surface area contributed by atoms with Crippen LogP contribution in [0.3, 0.4) is 0 Å². The summed E-state index contributed by atoms with van der Waals surface area (Å²) in [6.07, 6.45) is 0.0314. The molecule has 3 aliphatic rings. The lowest BCUT2D eigenvalue weighted by Crippen LogP contribution is -2.66. The fourth-order valence-electron chi connectivity index (χ4n) is 5.33. The summed E-state index contributed by atoms with van der Waals surface area (Å²) in [5, 5.41) is 21.4. The third-order valence-electron chi connectivity index (χ3n) is 5.97. The van der Waals surface area contributed by atoms with Crippen molar-refractivity contribution in [1.29, 1.82) is 0 Å². The molecule has 0 aromatic heterocycles. The van der Waals surface area contributed by atoms with Gasteiger partial charge < -0.3 is 24.4 Å². The molecule has 136 valence electrons. The molecule has 1 aliphatic heterocycles. The first-order chi connectivity index (χ1) is 11.1. The molecule has 2 bridgehead atoms. The maximum atomic E-state index is 11.6. The van der Waals surface area contributed by atoms with Gasteiger partial charge in [0.05, 0.1) is 6.10 Å². The first-order valence-corrected chi connectivity index (χ1v) is 8.53. The number of esters is 1. The van der Waals surface area contributed by atoms with Crippen LogP contribution in [0.1, 0.15) is 40.5 Å². The zero-order valence-electron chi connectivity index (χ0n) is 15.0. The number of carbonyl (C=O) groups is 1. The van der Waals surface area contributed by atoms with Gasteiger partial charge in [0.15, 0.2) is 6.29 Å². The molecule has 0 aromatic carbocycles. The lowest BCUT2D eigenvalue weighted by Gasteiger charge is -2.59. The lowest BCUT2D eigenvalue weighted by molar-refractivity contribution is -0.253. The number of hydrogen-bond donors (Lipinski definition) is 2. The van der Waals surface area contributed by atoms with E-state index in [0.717, 1.165) is 5.57 Å². The zero-order valence-corrected chi connectivity index (χ0v) is 15.0. The molecular weight excluding hydrogens is 312 g/mol. The van der Waals surface area contributed by atoms with Crippen molar-refractivity contribution in [3.63, 3.8) is 0 Å². The lowest BCUT2D eigenvalue weighted by atomic mass is 9.47. The summed E-state index contributed by atoms with van der Waals surface area (Å²) in [4.78, 5) is 11.6. The van der Waals surface area contributed by atoms with Crippen LogP contribution in [0.4, 0.5) is 0 Å². The van der Waals surface area contributed by atoms with Gasteiger partial charge in [-0.1, -0.05) is 25.5 Å². The number of aliphatic hydroxyl groups is 2. The van der Waals surface area contributed by atoms with Crippen LogP contribution >= 0.6 is 0 Å². The molecule has 1 saturated heterocycles. The standard InChI is InChI=1S/C18H28O6/c1-9-6-11(22-5)14(20)13-15-17(3,4)8-18(15,24-16(13)21)12(7-9)23-10(2)19/h6,11-16,20-21H,7-8H2,1-5H3/b9-6-/t11-,12-,13-,14-,15?,16+,18+/m0/s1. The van der Waals surface area contributed by atoms with Gasteiger partial charge in [0.25, 0.3) is 0 Å². The van der Waals surface area contributed by atoms with Crippen LogP contribution in [0, 0.1) is 17.3 Å². The van der Waals surface area contributed by atoms with Crippen molar-refractivity contribution in [2.45, 2.75) is 70.7 Å². The van der Waals surface area contributed by atoms with Crippen molar-refractivity contribution in [3.8, 4) is 0 Å². The van der Waals surface area contributed by atoms with Gasteiger partial charge in [-0.25, -0.2) is 0 Å². The fraction of sp³-hybridized carbons (Fsp3) is 0.833. The number of methoxy groups -OCH3 is 1. The third-order valence-corrected chi connectivity index (χ3v) is 5.97. The second-order valence-corrected chi connectivity index (χ2v) is 8.19. The van der Waals surface area contributed by atoms with E-state index < -0.39 is 36.1 Å². The molecule has 0 amide bonds. The van der Waals surface area contributed by atoms with Crippen molar-refractivity contribution >= 4 is 5.97 Å². The number of carbonyl (C=O) groups excluding carboxylic acids is 1. The molecule has 0 aromatic rings. The van der Waals surface area contributed by atoms with Crippen LogP contribution in [0.5, 0.6) is 0 Å². The zero-order chi connectivity index (χ0) is 17.9. The van der Waals surface area contributed by atoms with E-state index >= 15 is 0 Å². The summed E-state index contributed by atoms with van der Waals surface area (Å²) in [5.41, 5.74) is 0.0892. The van der Waals surface area contributed by atoms with Gasteiger partial charge in [-0.2, -0.15) is 0 Å². The normalized spacial score (nSPS) is 48.9. The molecule has 1 saturated carbocycles. The number of aliphatic hydroxyl groups excluding tert-OH is 2. The molecule has 0 radical (unpaired) electrons. The van der Waals surface area contributed by atoms with Gasteiger partial charge in [-0.15, -0.1) is 0 Å².